The Kier molecular flexibility index (Phi) is 4.39. The maximum absolute atomic E-state index is 12.6. The second-order valence-electron chi connectivity index (χ2n) is 6.20. The molecule has 0 spiro atoms. The quantitative estimate of drug-likeness (QED) is 0.909. The van der Waals surface area contributed by atoms with Crippen molar-refractivity contribution in [3.05, 3.63) is 24.3 Å². The smallest absolute Gasteiger partial charge is 0.243 e. The Hall–Kier alpha value is -1.07. The van der Waals surface area contributed by atoms with Crippen LogP contribution in [0.5, 0.6) is 0 Å². The molecule has 0 bridgehead atoms. The molecule has 0 radical (unpaired) electrons. The summed E-state index contributed by atoms with van der Waals surface area (Å²) in [5.74, 6) is 0. The molecule has 0 atom stereocenters. The van der Waals surface area contributed by atoms with Crippen molar-refractivity contribution in [3.8, 4) is 0 Å². The molecule has 1 heterocycles. The molecule has 0 aliphatic carbocycles. The molecule has 1 aromatic rings. The maximum Gasteiger partial charge on any atom is 0.243 e. The van der Waals surface area contributed by atoms with Gasteiger partial charge < -0.3 is 5.32 Å². The highest BCUT2D eigenvalue weighted by atomic mass is 32.2. The van der Waals surface area contributed by atoms with Crippen LogP contribution in [0.1, 0.15) is 33.6 Å². The molecule has 0 saturated carbocycles. The summed E-state index contributed by atoms with van der Waals surface area (Å²) in [5, 5.41) is 3.25. The van der Waals surface area contributed by atoms with Crippen LogP contribution >= 0.6 is 0 Å². The first-order chi connectivity index (χ1) is 9.35. The standard InChI is InChI=1S/C15H24N2O2S/c1-4-10-16-13-5-7-14(8-6-13)20(18,19)17-11-9-15(2,3)12-17/h5-8,16H,4,9-12H2,1-3H3. The van der Waals surface area contributed by atoms with Gasteiger partial charge in [0.2, 0.25) is 10.0 Å². The summed E-state index contributed by atoms with van der Waals surface area (Å²) in [6, 6.07) is 7.06. The molecule has 1 fully saturated rings. The Morgan fingerprint density at radius 1 is 1.25 bits per heavy atom. The van der Waals surface area contributed by atoms with Gasteiger partial charge in [0.15, 0.2) is 0 Å². The SMILES string of the molecule is CCCNc1ccc(S(=O)(=O)N2CCC(C)(C)C2)cc1. The highest BCUT2D eigenvalue weighted by Gasteiger charge is 2.36. The molecule has 1 aliphatic rings. The van der Waals surface area contributed by atoms with Crippen molar-refractivity contribution in [3.63, 3.8) is 0 Å². The first kappa shape index (κ1) is 15.3. The first-order valence-electron chi connectivity index (χ1n) is 7.19. The Labute approximate surface area is 122 Å². The lowest BCUT2D eigenvalue weighted by Crippen LogP contribution is -2.30. The second-order valence-corrected chi connectivity index (χ2v) is 8.14. The maximum atomic E-state index is 12.6. The van der Waals surface area contributed by atoms with E-state index in [0.29, 0.717) is 18.0 Å². The van der Waals surface area contributed by atoms with Crippen LogP contribution in [0.4, 0.5) is 5.69 Å². The van der Waals surface area contributed by atoms with E-state index in [-0.39, 0.29) is 5.41 Å². The lowest BCUT2D eigenvalue weighted by atomic mass is 9.93. The minimum Gasteiger partial charge on any atom is -0.385 e. The molecule has 0 amide bonds. The number of sulfonamides is 1. The van der Waals surface area contributed by atoms with Gasteiger partial charge in [0.05, 0.1) is 4.90 Å². The van der Waals surface area contributed by atoms with Gasteiger partial charge in [-0.05, 0) is 42.5 Å². The molecular weight excluding hydrogens is 272 g/mol. The number of nitrogens with one attached hydrogen (secondary N) is 1. The molecule has 1 aromatic carbocycles. The number of nitrogens with zero attached hydrogens (tertiary/aromatic N) is 1. The molecule has 20 heavy (non-hydrogen) atoms. The molecule has 2 rings (SSSR count). The lowest BCUT2D eigenvalue weighted by Gasteiger charge is -2.19. The zero-order chi connectivity index (χ0) is 14.8. The Morgan fingerprint density at radius 3 is 2.40 bits per heavy atom. The average Bonchev–Trinajstić information content (AvgIpc) is 2.78. The normalized spacial score (nSPS) is 19.1. The van der Waals surface area contributed by atoms with E-state index in [9.17, 15) is 8.42 Å². The van der Waals surface area contributed by atoms with E-state index in [0.717, 1.165) is 25.1 Å². The minimum absolute atomic E-state index is 0.0791. The van der Waals surface area contributed by atoms with Gasteiger partial charge in [0.1, 0.15) is 0 Å². The summed E-state index contributed by atoms with van der Waals surface area (Å²) in [5.41, 5.74) is 1.04. The highest BCUT2D eigenvalue weighted by Crippen LogP contribution is 2.32. The van der Waals surface area contributed by atoms with E-state index in [2.05, 4.69) is 26.1 Å². The van der Waals surface area contributed by atoms with E-state index < -0.39 is 10.0 Å². The van der Waals surface area contributed by atoms with Gasteiger partial charge in [0, 0.05) is 25.3 Å². The fourth-order valence-corrected chi connectivity index (χ4v) is 4.06. The molecular formula is C15H24N2O2S. The van der Waals surface area contributed by atoms with E-state index >= 15 is 0 Å². The average molecular weight is 296 g/mol. The molecule has 112 valence electrons. The Morgan fingerprint density at radius 2 is 1.90 bits per heavy atom. The number of rotatable bonds is 5. The molecule has 0 aromatic heterocycles. The summed E-state index contributed by atoms with van der Waals surface area (Å²) in [6.07, 6.45) is 1.96. The van der Waals surface area contributed by atoms with Crippen LogP contribution in [0.25, 0.3) is 0 Å². The zero-order valence-electron chi connectivity index (χ0n) is 12.5. The van der Waals surface area contributed by atoms with Crippen LogP contribution < -0.4 is 5.32 Å². The van der Waals surface area contributed by atoms with Crippen LogP contribution in [-0.4, -0.2) is 32.4 Å². The van der Waals surface area contributed by atoms with Crippen molar-refractivity contribution in [2.75, 3.05) is 25.0 Å². The predicted octanol–water partition coefficient (Wildman–Crippen LogP) is 2.93. The third kappa shape index (κ3) is 3.33. The summed E-state index contributed by atoms with van der Waals surface area (Å²) in [4.78, 5) is 0.386. The summed E-state index contributed by atoms with van der Waals surface area (Å²) < 4.78 is 26.7. The third-order valence-electron chi connectivity index (χ3n) is 3.71. The van der Waals surface area contributed by atoms with E-state index in [1.165, 1.54) is 0 Å². The van der Waals surface area contributed by atoms with Gasteiger partial charge in [-0.25, -0.2) is 8.42 Å². The van der Waals surface area contributed by atoms with Gasteiger partial charge in [-0.3, -0.25) is 0 Å². The number of anilines is 1. The fourth-order valence-electron chi connectivity index (χ4n) is 2.43. The van der Waals surface area contributed by atoms with Gasteiger partial charge in [-0.2, -0.15) is 4.31 Å². The molecule has 1 aliphatic heterocycles. The van der Waals surface area contributed by atoms with E-state index in [4.69, 9.17) is 0 Å². The summed E-state index contributed by atoms with van der Waals surface area (Å²) in [7, 11) is -3.34. The largest absolute Gasteiger partial charge is 0.385 e. The number of hydrogen-bond donors (Lipinski definition) is 1. The van der Waals surface area contributed by atoms with Crippen LogP contribution in [0.3, 0.4) is 0 Å². The fraction of sp³-hybridized carbons (Fsp3) is 0.600. The lowest BCUT2D eigenvalue weighted by molar-refractivity contribution is 0.375. The molecule has 5 heteroatoms. The first-order valence-corrected chi connectivity index (χ1v) is 8.63. The summed E-state index contributed by atoms with van der Waals surface area (Å²) in [6.45, 7) is 8.43. The van der Waals surface area contributed by atoms with Crippen molar-refractivity contribution < 1.29 is 8.42 Å². The third-order valence-corrected chi connectivity index (χ3v) is 5.57. The monoisotopic (exact) mass is 296 g/mol. The summed E-state index contributed by atoms with van der Waals surface area (Å²) >= 11 is 0. The van der Waals surface area contributed by atoms with Crippen molar-refractivity contribution in [2.45, 2.75) is 38.5 Å². The zero-order valence-corrected chi connectivity index (χ0v) is 13.3. The highest BCUT2D eigenvalue weighted by molar-refractivity contribution is 7.89. The molecule has 1 saturated heterocycles. The van der Waals surface area contributed by atoms with Crippen LogP contribution in [-0.2, 0) is 10.0 Å². The minimum atomic E-state index is -3.34. The number of hydrogen-bond acceptors (Lipinski definition) is 3. The topological polar surface area (TPSA) is 49.4 Å². The van der Waals surface area contributed by atoms with Gasteiger partial charge in [-0.1, -0.05) is 20.8 Å². The van der Waals surface area contributed by atoms with Gasteiger partial charge in [-0.15, -0.1) is 0 Å². The molecule has 4 nitrogen and oxygen atoms in total. The van der Waals surface area contributed by atoms with Gasteiger partial charge >= 0.3 is 0 Å². The Balaban J connectivity index is 2.14. The van der Waals surface area contributed by atoms with Crippen LogP contribution in [0.2, 0.25) is 0 Å². The van der Waals surface area contributed by atoms with E-state index in [1.807, 2.05) is 12.1 Å². The van der Waals surface area contributed by atoms with Crippen molar-refractivity contribution in [1.29, 1.82) is 0 Å². The molecule has 1 N–H and O–H groups in total. The Bertz CT molecular complexity index is 550. The number of benzene rings is 1. The van der Waals surface area contributed by atoms with Crippen LogP contribution in [0, 0.1) is 5.41 Å². The van der Waals surface area contributed by atoms with E-state index in [1.54, 1.807) is 16.4 Å². The second kappa shape index (κ2) is 5.74. The predicted molar refractivity (Wildman–Crippen MR) is 82.4 cm³/mol. The molecule has 0 unspecified atom stereocenters. The van der Waals surface area contributed by atoms with Crippen molar-refractivity contribution >= 4 is 15.7 Å². The van der Waals surface area contributed by atoms with Gasteiger partial charge in [0.25, 0.3) is 0 Å². The van der Waals surface area contributed by atoms with Crippen LogP contribution in [0.15, 0.2) is 29.2 Å². The van der Waals surface area contributed by atoms with Crippen molar-refractivity contribution in [1.82, 2.24) is 4.31 Å². The van der Waals surface area contributed by atoms with Crippen molar-refractivity contribution in [2.24, 2.45) is 5.41 Å².